The molecule has 0 aliphatic carbocycles. The second-order valence-electron chi connectivity index (χ2n) is 6.14. The quantitative estimate of drug-likeness (QED) is 0.337. The molecule has 0 aliphatic heterocycles. The number of thioether (sulfide) groups is 1. The summed E-state index contributed by atoms with van der Waals surface area (Å²) < 4.78 is 5.47. The molecule has 0 saturated heterocycles. The molecular formula is C19H20N4O3S2. The van der Waals surface area contributed by atoms with Gasteiger partial charge in [0.05, 0.1) is 24.1 Å². The van der Waals surface area contributed by atoms with Gasteiger partial charge in [-0.05, 0) is 38.0 Å². The third-order valence-electron chi connectivity index (χ3n) is 4.23. The fourth-order valence-corrected chi connectivity index (χ4v) is 4.42. The third-order valence-corrected chi connectivity index (χ3v) is 6.20. The van der Waals surface area contributed by atoms with Gasteiger partial charge >= 0.3 is 5.97 Å². The van der Waals surface area contributed by atoms with Crippen LogP contribution < -0.4 is 5.32 Å². The van der Waals surface area contributed by atoms with Crippen LogP contribution in [0.2, 0.25) is 0 Å². The minimum atomic E-state index is -0.450. The van der Waals surface area contributed by atoms with Gasteiger partial charge in [-0.3, -0.25) is 4.79 Å². The van der Waals surface area contributed by atoms with Crippen molar-refractivity contribution in [1.82, 2.24) is 15.2 Å². The fraction of sp³-hybridized carbons (Fsp3) is 0.263. The molecule has 28 heavy (non-hydrogen) atoms. The van der Waals surface area contributed by atoms with E-state index in [-0.39, 0.29) is 11.5 Å². The lowest BCUT2D eigenvalue weighted by Gasteiger charge is -2.04. The van der Waals surface area contributed by atoms with E-state index < -0.39 is 5.97 Å². The van der Waals surface area contributed by atoms with Crippen molar-refractivity contribution < 1.29 is 14.3 Å². The number of anilines is 2. The van der Waals surface area contributed by atoms with Gasteiger partial charge in [-0.1, -0.05) is 41.3 Å². The topological polar surface area (TPSA) is 97.0 Å². The van der Waals surface area contributed by atoms with E-state index >= 15 is 0 Å². The molecule has 0 radical (unpaired) electrons. The molecule has 0 fully saturated rings. The van der Waals surface area contributed by atoms with Gasteiger partial charge in [0.1, 0.15) is 0 Å². The Kier molecular flexibility index (Phi) is 6.15. The predicted molar refractivity (Wildman–Crippen MR) is 111 cm³/mol. The molecule has 3 rings (SSSR count). The van der Waals surface area contributed by atoms with E-state index in [0.717, 1.165) is 11.3 Å². The number of rotatable bonds is 7. The summed E-state index contributed by atoms with van der Waals surface area (Å²) in [4.78, 5) is 27.5. The van der Waals surface area contributed by atoms with E-state index in [0.29, 0.717) is 32.0 Å². The van der Waals surface area contributed by atoms with Crippen LogP contribution in [0.5, 0.6) is 0 Å². The van der Waals surface area contributed by atoms with Crippen molar-refractivity contribution in [2.75, 3.05) is 18.2 Å². The number of nitrogens with one attached hydrogen (secondary N) is 2. The summed E-state index contributed by atoms with van der Waals surface area (Å²) in [5.74, 6) is -0.362. The molecule has 2 N–H and O–H groups in total. The van der Waals surface area contributed by atoms with Gasteiger partial charge in [0.15, 0.2) is 10.1 Å². The summed E-state index contributed by atoms with van der Waals surface area (Å²) in [5, 5.41) is 12.2. The predicted octanol–water partition coefficient (Wildman–Crippen LogP) is 4.30. The smallest absolute Gasteiger partial charge is 0.339 e. The second kappa shape index (κ2) is 8.57. The van der Waals surface area contributed by atoms with Gasteiger partial charge in [-0.15, -0.1) is 10.2 Å². The molecule has 0 unspecified atom stereocenters. The Morgan fingerprint density at radius 1 is 1.21 bits per heavy atom. The number of para-hydroxylation sites is 1. The molecule has 9 heteroatoms. The van der Waals surface area contributed by atoms with E-state index in [2.05, 4.69) is 20.5 Å². The van der Waals surface area contributed by atoms with Crippen LogP contribution in [-0.4, -0.2) is 39.8 Å². The number of methoxy groups -OCH3 is 1. The van der Waals surface area contributed by atoms with E-state index in [1.54, 1.807) is 13.8 Å². The van der Waals surface area contributed by atoms with E-state index in [1.807, 2.05) is 31.2 Å². The van der Waals surface area contributed by atoms with Crippen molar-refractivity contribution in [3.05, 3.63) is 52.3 Å². The second-order valence-corrected chi connectivity index (χ2v) is 8.34. The minimum Gasteiger partial charge on any atom is -0.465 e. The van der Waals surface area contributed by atoms with Gasteiger partial charge in [0.25, 0.3) is 0 Å². The highest BCUT2D eigenvalue weighted by atomic mass is 32.2. The van der Waals surface area contributed by atoms with Crippen LogP contribution in [0.1, 0.15) is 37.7 Å². The number of aryl methyl sites for hydroxylation is 2. The van der Waals surface area contributed by atoms with Crippen LogP contribution in [0, 0.1) is 20.8 Å². The van der Waals surface area contributed by atoms with Crippen molar-refractivity contribution in [3.63, 3.8) is 0 Å². The van der Waals surface area contributed by atoms with Crippen LogP contribution in [0.15, 0.2) is 28.6 Å². The number of benzene rings is 1. The van der Waals surface area contributed by atoms with Crippen LogP contribution in [0.4, 0.5) is 10.8 Å². The maximum absolute atomic E-state index is 12.6. The largest absolute Gasteiger partial charge is 0.465 e. The van der Waals surface area contributed by atoms with Crippen molar-refractivity contribution in [3.8, 4) is 0 Å². The number of ether oxygens (including phenoxy) is 1. The first-order valence-corrected chi connectivity index (χ1v) is 10.3. The number of aromatic nitrogens is 3. The zero-order valence-corrected chi connectivity index (χ0v) is 17.6. The fourth-order valence-electron chi connectivity index (χ4n) is 2.78. The van der Waals surface area contributed by atoms with Crippen LogP contribution in [-0.2, 0) is 4.74 Å². The summed E-state index contributed by atoms with van der Waals surface area (Å²) in [6.45, 7) is 5.50. The number of nitrogens with zero attached hydrogens (tertiary/aromatic N) is 2. The van der Waals surface area contributed by atoms with Gasteiger partial charge in [-0.2, -0.15) is 0 Å². The molecule has 0 bridgehead atoms. The molecule has 0 spiro atoms. The van der Waals surface area contributed by atoms with Crippen LogP contribution >= 0.6 is 23.1 Å². The molecule has 146 valence electrons. The van der Waals surface area contributed by atoms with Crippen LogP contribution in [0.25, 0.3) is 0 Å². The van der Waals surface area contributed by atoms with Crippen LogP contribution in [0.3, 0.4) is 0 Å². The first kappa shape index (κ1) is 20.1. The van der Waals surface area contributed by atoms with Crippen molar-refractivity contribution >= 4 is 45.7 Å². The number of Topliss-reactive ketones (excluding diaryl/α,β-unsaturated/α-hetero) is 1. The van der Waals surface area contributed by atoms with Crippen molar-refractivity contribution in [2.45, 2.75) is 25.1 Å². The summed E-state index contributed by atoms with van der Waals surface area (Å²) in [7, 11) is 1.32. The maximum Gasteiger partial charge on any atom is 0.339 e. The Hall–Kier alpha value is -2.65. The molecule has 3 aromatic rings. The number of esters is 1. The minimum absolute atomic E-state index is 0.107. The number of carbonyl (C=O) groups is 2. The van der Waals surface area contributed by atoms with Gasteiger partial charge in [0.2, 0.25) is 5.13 Å². The number of hydrogen-bond donors (Lipinski definition) is 2. The molecule has 0 amide bonds. The average molecular weight is 417 g/mol. The number of carbonyl (C=O) groups excluding carboxylic acids is 2. The standard InChI is InChI=1S/C19H20N4O3S2/c1-10-7-5-6-8-13(10)21-18-22-23-19(28-18)27-9-14(24)16-11(2)15(12(3)20-16)17(25)26-4/h5-8,20H,9H2,1-4H3,(H,21,22). The monoisotopic (exact) mass is 416 g/mol. The molecule has 1 aromatic carbocycles. The molecular weight excluding hydrogens is 396 g/mol. The average Bonchev–Trinajstić information content (AvgIpc) is 3.25. The highest BCUT2D eigenvalue weighted by Gasteiger charge is 2.22. The highest BCUT2D eigenvalue weighted by molar-refractivity contribution is 8.01. The number of H-pyrrole nitrogens is 1. The number of ketones is 1. The normalized spacial score (nSPS) is 10.7. The van der Waals surface area contributed by atoms with E-state index in [4.69, 9.17) is 4.74 Å². The lowest BCUT2D eigenvalue weighted by molar-refractivity contribution is 0.0599. The zero-order chi connectivity index (χ0) is 20.3. The molecule has 0 saturated carbocycles. The van der Waals surface area contributed by atoms with Gasteiger partial charge in [0, 0.05) is 11.4 Å². The van der Waals surface area contributed by atoms with E-state index in [9.17, 15) is 9.59 Å². The highest BCUT2D eigenvalue weighted by Crippen LogP contribution is 2.29. The summed E-state index contributed by atoms with van der Waals surface area (Å²) in [6.07, 6.45) is 0. The summed E-state index contributed by atoms with van der Waals surface area (Å²) >= 11 is 2.70. The summed E-state index contributed by atoms with van der Waals surface area (Å²) in [5.41, 5.74) is 4.15. The van der Waals surface area contributed by atoms with Crippen molar-refractivity contribution in [1.29, 1.82) is 0 Å². The molecule has 0 atom stereocenters. The van der Waals surface area contributed by atoms with E-state index in [1.165, 1.54) is 30.2 Å². The Morgan fingerprint density at radius 2 is 1.96 bits per heavy atom. The zero-order valence-electron chi connectivity index (χ0n) is 16.0. The maximum atomic E-state index is 12.6. The van der Waals surface area contributed by atoms with Gasteiger partial charge in [-0.25, -0.2) is 4.79 Å². The Balaban J connectivity index is 1.65. The molecule has 2 aromatic heterocycles. The first-order valence-electron chi connectivity index (χ1n) is 8.50. The Morgan fingerprint density at radius 3 is 2.68 bits per heavy atom. The third kappa shape index (κ3) is 4.26. The molecule has 2 heterocycles. The molecule has 7 nitrogen and oxygen atoms in total. The first-order chi connectivity index (χ1) is 13.4. The molecule has 0 aliphatic rings. The number of hydrogen-bond acceptors (Lipinski definition) is 8. The summed E-state index contributed by atoms with van der Waals surface area (Å²) in [6, 6.07) is 7.92. The number of aromatic amines is 1. The lowest BCUT2D eigenvalue weighted by Crippen LogP contribution is -2.07. The Bertz CT molecular complexity index is 1030. The SMILES string of the molecule is COC(=O)c1c(C)[nH]c(C(=O)CSc2nnc(Nc3ccccc3C)s2)c1C. The Labute approximate surface area is 170 Å². The van der Waals surface area contributed by atoms with Crippen molar-refractivity contribution in [2.24, 2.45) is 0 Å². The van der Waals surface area contributed by atoms with Gasteiger partial charge < -0.3 is 15.0 Å². The lowest BCUT2D eigenvalue weighted by atomic mass is 10.1.